The van der Waals surface area contributed by atoms with Crippen LogP contribution >= 0.6 is 11.8 Å². The van der Waals surface area contributed by atoms with Crippen LogP contribution in [0.5, 0.6) is 0 Å². The highest BCUT2D eigenvalue weighted by Crippen LogP contribution is 2.22. The molecule has 1 unspecified atom stereocenters. The summed E-state index contributed by atoms with van der Waals surface area (Å²) in [7, 11) is 4.14. The van der Waals surface area contributed by atoms with E-state index in [1.54, 1.807) is 0 Å². The number of hydrogen-bond donors (Lipinski definition) is 1. The Labute approximate surface area is 102 Å². The molecular formula is C12H19N3S. The minimum absolute atomic E-state index is 0.727. The smallest absolute Gasteiger partial charge is 0.0564 e. The Balaban J connectivity index is 1.96. The summed E-state index contributed by atoms with van der Waals surface area (Å²) in [6.07, 6.45) is 3.19. The van der Waals surface area contributed by atoms with Crippen LogP contribution in [0.2, 0.25) is 0 Å². The fourth-order valence-corrected chi connectivity index (χ4v) is 3.27. The molecule has 0 aromatic carbocycles. The third kappa shape index (κ3) is 2.89. The number of aromatic nitrogens is 1. The summed E-state index contributed by atoms with van der Waals surface area (Å²) in [5, 5.41) is 3.15. The molecule has 0 aliphatic carbocycles. The predicted molar refractivity (Wildman–Crippen MR) is 71.0 cm³/mol. The van der Waals surface area contributed by atoms with E-state index in [1.807, 2.05) is 19.3 Å². The molecule has 0 amide bonds. The van der Waals surface area contributed by atoms with E-state index in [2.05, 4.69) is 40.1 Å². The Morgan fingerprint density at radius 2 is 2.50 bits per heavy atom. The second kappa shape index (κ2) is 5.55. The van der Waals surface area contributed by atoms with Crippen LogP contribution in [0.25, 0.3) is 0 Å². The first kappa shape index (κ1) is 11.7. The van der Waals surface area contributed by atoms with Crippen molar-refractivity contribution in [1.82, 2.24) is 9.88 Å². The molecule has 4 heteroatoms. The summed E-state index contributed by atoms with van der Waals surface area (Å²) < 4.78 is 0. The SMILES string of the molecule is CNc1ccnc(CN(C)C2CCSC2)c1. The van der Waals surface area contributed by atoms with Gasteiger partial charge in [-0.05, 0) is 31.4 Å². The molecule has 88 valence electrons. The highest BCUT2D eigenvalue weighted by molar-refractivity contribution is 7.99. The molecule has 1 aliphatic heterocycles. The molecule has 0 radical (unpaired) electrons. The molecule has 0 saturated carbocycles. The van der Waals surface area contributed by atoms with Crippen molar-refractivity contribution in [3.05, 3.63) is 24.0 Å². The number of hydrogen-bond acceptors (Lipinski definition) is 4. The van der Waals surface area contributed by atoms with Gasteiger partial charge in [-0.2, -0.15) is 11.8 Å². The fraction of sp³-hybridized carbons (Fsp3) is 0.583. The Morgan fingerprint density at radius 3 is 3.19 bits per heavy atom. The van der Waals surface area contributed by atoms with Gasteiger partial charge in [-0.3, -0.25) is 9.88 Å². The molecule has 1 atom stereocenters. The van der Waals surface area contributed by atoms with E-state index in [4.69, 9.17) is 0 Å². The lowest BCUT2D eigenvalue weighted by atomic mass is 10.2. The number of rotatable bonds is 4. The number of nitrogens with zero attached hydrogens (tertiary/aromatic N) is 2. The maximum absolute atomic E-state index is 4.41. The maximum atomic E-state index is 4.41. The van der Waals surface area contributed by atoms with Gasteiger partial charge in [0.2, 0.25) is 0 Å². The lowest BCUT2D eigenvalue weighted by Gasteiger charge is -2.23. The molecular weight excluding hydrogens is 218 g/mol. The Kier molecular flexibility index (Phi) is 4.07. The molecule has 1 fully saturated rings. The molecule has 1 aromatic rings. The van der Waals surface area contributed by atoms with E-state index < -0.39 is 0 Å². The first-order valence-electron chi connectivity index (χ1n) is 5.70. The normalized spacial score (nSPS) is 20.3. The van der Waals surface area contributed by atoms with Gasteiger partial charge in [0, 0.05) is 37.3 Å². The van der Waals surface area contributed by atoms with Crippen molar-refractivity contribution in [3.8, 4) is 0 Å². The van der Waals surface area contributed by atoms with Crippen molar-refractivity contribution in [2.24, 2.45) is 0 Å². The van der Waals surface area contributed by atoms with Crippen LogP contribution in [0.1, 0.15) is 12.1 Å². The second-order valence-corrected chi connectivity index (χ2v) is 5.37. The Bertz CT molecular complexity index is 337. The second-order valence-electron chi connectivity index (χ2n) is 4.22. The highest BCUT2D eigenvalue weighted by Gasteiger charge is 2.20. The minimum atomic E-state index is 0.727. The summed E-state index contributed by atoms with van der Waals surface area (Å²) in [6, 6.07) is 4.85. The molecule has 0 spiro atoms. The van der Waals surface area contributed by atoms with Gasteiger partial charge in [0.15, 0.2) is 0 Å². The van der Waals surface area contributed by atoms with E-state index >= 15 is 0 Å². The summed E-state index contributed by atoms with van der Waals surface area (Å²) in [5.41, 5.74) is 2.28. The quantitative estimate of drug-likeness (QED) is 0.867. The summed E-state index contributed by atoms with van der Waals surface area (Å²) in [5.74, 6) is 2.57. The molecule has 3 nitrogen and oxygen atoms in total. The van der Waals surface area contributed by atoms with Crippen LogP contribution in [0.3, 0.4) is 0 Å². The first-order valence-corrected chi connectivity index (χ1v) is 6.85. The zero-order valence-corrected chi connectivity index (χ0v) is 10.8. The van der Waals surface area contributed by atoms with E-state index in [0.29, 0.717) is 0 Å². The first-order chi connectivity index (χ1) is 7.79. The fourth-order valence-electron chi connectivity index (χ4n) is 1.97. The van der Waals surface area contributed by atoms with Crippen molar-refractivity contribution in [1.29, 1.82) is 0 Å². The van der Waals surface area contributed by atoms with Crippen LogP contribution in [0.4, 0.5) is 5.69 Å². The number of nitrogens with one attached hydrogen (secondary N) is 1. The summed E-state index contributed by atoms with van der Waals surface area (Å²) in [4.78, 5) is 6.83. The van der Waals surface area contributed by atoms with Crippen molar-refractivity contribution in [2.45, 2.75) is 19.0 Å². The molecule has 2 heterocycles. The lowest BCUT2D eigenvalue weighted by Crippen LogP contribution is -2.31. The van der Waals surface area contributed by atoms with Gasteiger partial charge in [-0.25, -0.2) is 0 Å². The van der Waals surface area contributed by atoms with E-state index in [-0.39, 0.29) is 0 Å². The Hall–Kier alpha value is -0.740. The molecule has 2 rings (SSSR count). The van der Waals surface area contributed by atoms with Crippen molar-refractivity contribution in [2.75, 3.05) is 30.9 Å². The van der Waals surface area contributed by atoms with Crippen LogP contribution in [0, 0.1) is 0 Å². The molecule has 1 aliphatic rings. The largest absolute Gasteiger partial charge is 0.388 e. The zero-order valence-electron chi connectivity index (χ0n) is 9.94. The zero-order chi connectivity index (χ0) is 11.4. The Morgan fingerprint density at radius 1 is 1.62 bits per heavy atom. The number of thioether (sulfide) groups is 1. The van der Waals surface area contributed by atoms with Crippen LogP contribution in [-0.2, 0) is 6.54 Å². The average Bonchev–Trinajstić information content (AvgIpc) is 2.83. The number of pyridine rings is 1. The van der Waals surface area contributed by atoms with E-state index in [0.717, 1.165) is 24.0 Å². The third-order valence-electron chi connectivity index (χ3n) is 3.05. The van der Waals surface area contributed by atoms with Gasteiger partial charge < -0.3 is 5.32 Å². The molecule has 1 saturated heterocycles. The summed E-state index contributed by atoms with van der Waals surface area (Å²) in [6.45, 7) is 0.945. The summed E-state index contributed by atoms with van der Waals surface area (Å²) >= 11 is 2.05. The molecule has 16 heavy (non-hydrogen) atoms. The number of anilines is 1. The van der Waals surface area contributed by atoms with Crippen molar-refractivity contribution >= 4 is 17.4 Å². The van der Waals surface area contributed by atoms with Crippen molar-refractivity contribution in [3.63, 3.8) is 0 Å². The van der Waals surface area contributed by atoms with E-state index in [1.165, 1.54) is 17.9 Å². The van der Waals surface area contributed by atoms with Gasteiger partial charge in [0.25, 0.3) is 0 Å². The maximum Gasteiger partial charge on any atom is 0.0564 e. The highest BCUT2D eigenvalue weighted by atomic mass is 32.2. The average molecular weight is 237 g/mol. The van der Waals surface area contributed by atoms with E-state index in [9.17, 15) is 0 Å². The van der Waals surface area contributed by atoms with Gasteiger partial charge in [0.05, 0.1) is 5.69 Å². The molecule has 1 aromatic heterocycles. The van der Waals surface area contributed by atoms with Crippen LogP contribution in [0.15, 0.2) is 18.3 Å². The van der Waals surface area contributed by atoms with Crippen LogP contribution in [-0.4, -0.2) is 41.5 Å². The van der Waals surface area contributed by atoms with Gasteiger partial charge in [0.1, 0.15) is 0 Å². The van der Waals surface area contributed by atoms with Gasteiger partial charge in [-0.1, -0.05) is 0 Å². The third-order valence-corrected chi connectivity index (χ3v) is 4.19. The molecule has 1 N–H and O–H groups in total. The van der Waals surface area contributed by atoms with Crippen molar-refractivity contribution < 1.29 is 0 Å². The lowest BCUT2D eigenvalue weighted by molar-refractivity contribution is 0.251. The van der Waals surface area contributed by atoms with Crippen LogP contribution < -0.4 is 5.32 Å². The van der Waals surface area contributed by atoms with Gasteiger partial charge in [-0.15, -0.1) is 0 Å². The minimum Gasteiger partial charge on any atom is -0.388 e. The van der Waals surface area contributed by atoms with Gasteiger partial charge >= 0.3 is 0 Å². The molecule has 0 bridgehead atoms. The predicted octanol–water partition coefficient (Wildman–Crippen LogP) is 2.06. The standard InChI is InChI=1S/C12H19N3S/c1-13-10-3-5-14-11(7-10)8-15(2)12-4-6-16-9-12/h3,5,7,12H,4,6,8-9H2,1-2H3,(H,13,14). The monoisotopic (exact) mass is 237 g/mol. The topological polar surface area (TPSA) is 28.2 Å².